The molecule has 1 atom stereocenters. The maximum Gasteiger partial charge on any atom is 0.317 e. The van der Waals surface area contributed by atoms with Crippen LogP contribution >= 0.6 is 0 Å². The van der Waals surface area contributed by atoms with Crippen LogP contribution in [0, 0.1) is 0 Å². The van der Waals surface area contributed by atoms with E-state index in [1.54, 1.807) is 0 Å². The summed E-state index contributed by atoms with van der Waals surface area (Å²) in [7, 11) is 1.35. The van der Waals surface area contributed by atoms with Gasteiger partial charge < -0.3 is 14.8 Å². The van der Waals surface area contributed by atoms with Gasteiger partial charge in [-0.25, -0.2) is 0 Å². The number of ether oxygens (including phenoxy) is 1. The van der Waals surface area contributed by atoms with Gasteiger partial charge in [0.2, 0.25) is 0 Å². The summed E-state index contributed by atoms with van der Waals surface area (Å²) in [5, 5.41) is 15.1. The topological polar surface area (TPSA) is 74.3 Å². The highest BCUT2D eigenvalue weighted by molar-refractivity contribution is 5.88. The molecule has 3 N–H and O–H groups in total. The third kappa shape index (κ3) is 4.74. The van der Waals surface area contributed by atoms with Gasteiger partial charge in [-0.15, -0.1) is 0 Å². The van der Waals surface area contributed by atoms with Crippen molar-refractivity contribution < 1.29 is 14.6 Å². The van der Waals surface area contributed by atoms with Crippen LogP contribution in [0.5, 0.6) is 0 Å². The van der Waals surface area contributed by atoms with Gasteiger partial charge in [0, 0.05) is 23.1 Å². The molecule has 0 aliphatic carbocycles. The van der Waals surface area contributed by atoms with Crippen LogP contribution in [0.25, 0.3) is 10.9 Å². The van der Waals surface area contributed by atoms with E-state index in [2.05, 4.69) is 89.2 Å². The van der Waals surface area contributed by atoms with E-state index < -0.39 is 17.4 Å². The number of hydrogen-bond acceptors (Lipinski definition) is 4. The molecular weight excluding hydrogens is 472 g/mol. The fraction of sp³-hybridized carbons (Fsp3) is 0.182. The molecule has 0 spiro atoms. The van der Waals surface area contributed by atoms with Crippen molar-refractivity contribution >= 4 is 16.9 Å². The molecule has 1 aromatic heterocycles. The summed E-state index contributed by atoms with van der Waals surface area (Å²) >= 11 is 0. The fourth-order valence-corrected chi connectivity index (χ4v) is 5.46. The minimum absolute atomic E-state index is 0.331. The lowest BCUT2D eigenvalue weighted by Crippen LogP contribution is -2.45. The second kappa shape index (κ2) is 11.5. The quantitative estimate of drug-likeness (QED) is 0.172. The molecule has 0 amide bonds. The molecule has 0 saturated heterocycles. The summed E-state index contributed by atoms with van der Waals surface area (Å²) in [6.07, 6.45) is 0.640. The maximum absolute atomic E-state index is 12.5. The third-order valence-corrected chi connectivity index (χ3v) is 7.25. The van der Waals surface area contributed by atoms with Crippen LogP contribution in [0.2, 0.25) is 0 Å². The van der Waals surface area contributed by atoms with Crippen molar-refractivity contribution in [3.8, 4) is 0 Å². The largest absolute Gasteiger partial charge is 0.468 e. The zero-order chi connectivity index (χ0) is 26.4. The zero-order valence-electron chi connectivity index (χ0n) is 21.4. The number of para-hydroxylation sites is 1. The highest BCUT2D eigenvalue weighted by atomic mass is 16.5. The highest BCUT2D eigenvalue weighted by Gasteiger charge is 2.36. The number of nitrogens with one attached hydrogen (secondary N) is 2. The molecule has 5 rings (SSSR count). The number of methoxy groups -OCH3 is 1. The van der Waals surface area contributed by atoms with Crippen molar-refractivity contribution in [1.82, 2.24) is 10.3 Å². The van der Waals surface area contributed by atoms with Crippen LogP contribution in [-0.2, 0) is 21.5 Å². The van der Waals surface area contributed by atoms with Crippen LogP contribution in [0.15, 0.2) is 115 Å². The van der Waals surface area contributed by atoms with Gasteiger partial charge in [0.05, 0.1) is 19.3 Å². The smallest absolute Gasteiger partial charge is 0.317 e. The third-order valence-electron chi connectivity index (χ3n) is 7.25. The Morgan fingerprint density at radius 2 is 1.32 bits per heavy atom. The van der Waals surface area contributed by atoms with Gasteiger partial charge in [-0.1, -0.05) is 109 Å². The van der Waals surface area contributed by atoms with E-state index in [0.717, 1.165) is 33.2 Å². The van der Waals surface area contributed by atoms with Crippen LogP contribution < -0.4 is 5.32 Å². The number of carbonyl (C=O) groups is 1. The molecule has 0 fully saturated rings. The average molecular weight is 505 g/mol. The SMILES string of the molecule is COC(=O)C(CO)c1[nH]c2ccccc2c1CCNC(c1ccccc1)(c1ccccc1)c1ccccc1. The minimum Gasteiger partial charge on any atom is -0.468 e. The van der Waals surface area contributed by atoms with Gasteiger partial charge in [0.1, 0.15) is 5.92 Å². The van der Waals surface area contributed by atoms with Crippen molar-refractivity contribution in [3.05, 3.63) is 143 Å². The number of benzene rings is 4. The first-order valence-electron chi connectivity index (χ1n) is 12.9. The van der Waals surface area contributed by atoms with Gasteiger partial charge in [-0.05, 0) is 34.7 Å². The van der Waals surface area contributed by atoms with E-state index in [9.17, 15) is 9.90 Å². The van der Waals surface area contributed by atoms with Gasteiger partial charge in [0.25, 0.3) is 0 Å². The van der Waals surface area contributed by atoms with Gasteiger partial charge >= 0.3 is 5.97 Å². The predicted octanol–water partition coefficient (Wildman–Crippen LogP) is 5.54. The number of aromatic nitrogens is 1. The normalized spacial score (nSPS) is 12.4. The first-order chi connectivity index (χ1) is 18.7. The average Bonchev–Trinajstić information content (AvgIpc) is 3.35. The van der Waals surface area contributed by atoms with Crippen molar-refractivity contribution in [1.29, 1.82) is 0 Å². The van der Waals surface area contributed by atoms with Crippen LogP contribution in [0.1, 0.15) is 33.9 Å². The van der Waals surface area contributed by atoms with Crippen LogP contribution in [0.4, 0.5) is 0 Å². The monoisotopic (exact) mass is 504 g/mol. The van der Waals surface area contributed by atoms with E-state index >= 15 is 0 Å². The number of aliphatic hydroxyl groups excluding tert-OH is 1. The molecule has 38 heavy (non-hydrogen) atoms. The molecular formula is C33H32N2O3. The lowest BCUT2D eigenvalue weighted by atomic mass is 9.77. The minimum atomic E-state index is -0.774. The van der Waals surface area contributed by atoms with E-state index in [1.807, 2.05) is 36.4 Å². The first kappa shape index (κ1) is 25.5. The number of aliphatic hydroxyl groups is 1. The van der Waals surface area contributed by atoms with Crippen LogP contribution in [-0.4, -0.2) is 36.3 Å². The Morgan fingerprint density at radius 1 is 0.816 bits per heavy atom. The highest BCUT2D eigenvalue weighted by Crippen LogP contribution is 2.37. The molecule has 0 aliphatic heterocycles. The maximum atomic E-state index is 12.5. The van der Waals surface area contributed by atoms with E-state index in [4.69, 9.17) is 4.74 Å². The van der Waals surface area contributed by atoms with Crippen LogP contribution in [0.3, 0.4) is 0 Å². The Bertz CT molecular complexity index is 1380. The Balaban J connectivity index is 1.58. The summed E-state index contributed by atoms with van der Waals surface area (Å²) in [6.45, 7) is 0.286. The van der Waals surface area contributed by atoms with Gasteiger partial charge in [-0.2, -0.15) is 0 Å². The lowest BCUT2D eigenvalue weighted by molar-refractivity contribution is -0.143. The Hall–Kier alpha value is -4.19. The summed E-state index contributed by atoms with van der Waals surface area (Å²) < 4.78 is 5.01. The fourth-order valence-electron chi connectivity index (χ4n) is 5.46. The molecule has 5 nitrogen and oxygen atoms in total. The molecule has 0 radical (unpaired) electrons. The second-order valence-electron chi connectivity index (χ2n) is 9.35. The zero-order valence-corrected chi connectivity index (χ0v) is 21.4. The lowest BCUT2D eigenvalue weighted by Gasteiger charge is -2.37. The Kier molecular flexibility index (Phi) is 7.68. The molecule has 192 valence electrons. The molecule has 0 aliphatic rings. The number of carbonyl (C=O) groups excluding carboxylic acids is 1. The Labute approximate surface area is 223 Å². The van der Waals surface area contributed by atoms with Crippen molar-refractivity contribution in [2.24, 2.45) is 0 Å². The summed E-state index contributed by atoms with van der Waals surface area (Å²) in [5.74, 6) is -1.23. The number of hydrogen-bond donors (Lipinski definition) is 3. The molecule has 1 unspecified atom stereocenters. The van der Waals surface area contributed by atoms with E-state index in [-0.39, 0.29) is 6.61 Å². The van der Waals surface area contributed by atoms with Gasteiger partial charge in [-0.3, -0.25) is 10.1 Å². The van der Waals surface area contributed by atoms with E-state index in [0.29, 0.717) is 18.7 Å². The molecule has 5 aromatic rings. The molecule has 5 heteroatoms. The number of aromatic amines is 1. The number of H-pyrrole nitrogens is 1. The summed E-state index contributed by atoms with van der Waals surface area (Å²) in [5.41, 5.74) is 5.46. The molecule has 4 aromatic carbocycles. The van der Waals surface area contributed by atoms with Gasteiger partial charge in [0.15, 0.2) is 0 Å². The van der Waals surface area contributed by atoms with Crippen molar-refractivity contribution in [2.45, 2.75) is 17.9 Å². The second-order valence-corrected chi connectivity index (χ2v) is 9.35. The summed E-state index contributed by atoms with van der Waals surface area (Å²) in [4.78, 5) is 15.9. The molecule has 1 heterocycles. The number of rotatable bonds is 10. The first-order valence-corrected chi connectivity index (χ1v) is 12.9. The molecule has 0 bridgehead atoms. The predicted molar refractivity (Wildman–Crippen MR) is 151 cm³/mol. The standard InChI is InChI=1S/C33H32N2O3/c1-38-32(37)29(23-36)31-28(27-19-11-12-20-30(27)35-31)21-22-34-33(24-13-5-2-6-14-24,25-15-7-3-8-16-25)26-17-9-4-10-18-26/h2-20,29,34-36H,21-23H2,1H3. The van der Waals surface area contributed by atoms with Crippen molar-refractivity contribution in [2.75, 3.05) is 20.3 Å². The molecule has 0 saturated carbocycles. The number of esters is 1. The van der Waals surface area contributed by atoms with E-state index in [1.165, 1.54) is 7.11 Å². The Morgan fingerprint density at radius 3 is 1.82 bits per heavy atom. The van der Waals surface area contributed by atoms with Crippen molar-refractivity contribution in [3.63, 3.8) is 0 Å². The number of fused-ring (bicyclic) bond motifs is 1. The summed E-state index contributed by atoms with van der Waals surface area (Å²) in [6, 6.07) is 39.4.